The van der Waals surface area contributed by atoms with Gasteiger partial charge in [0.05, 0.1) is 18.7 Å². The lowest BCUT2D eigenvalue weighted by Gasteiger charge is -2.22. The van der Waals surface area contributed by atoms with Crippen LogP contribution in [0.1, 0.15) is 15.9 Å². The summed E-state index contributed by atoms with van der Waals surface area (Å²) in [7, 11) is 0. The Kier molecular flexibility index (Phi) is 5.94. The lowest BCUT2D eigenvalue weighted by atomic mass is 10.1. The van der Waals surface area contributed by atoms with Crippen LogP contribution in [0, 0.1) is 10.5 Å². The molecule has 0 aliphatic rings. The Morgan fingerprint density at radius 2 is 2.17 bits per heavy atom. The summed E-state index contributed by atoms with van der Waals surface area (Å²) < 4.78 is 25.5. The molecule has 0 saturated carbocycles. The van der Waals surface area contributed by atoms with Crippen molar-refractivity contribution in [2.24, 2.45) is 0 Å². The number of benzene rings is 1. The van der Waals surface area contributed by atoms with Gasteiger partial charge in [0.2, 0.25) is 0 Å². The Bertz CT molecular complexity index is 427. The van der Waals surface area contributed by atoms with Crippen molar-refractivity contribution in [1.82, 2.24) is 4.90 Å². The quantitative estimate of drug-likeness (QED) is 0.810. The number of hydrogen-bond donors (Lipinski definition) is 1. The standard InChI is InChI=1S/C12H14F2INO2/c1-8-3-2-4-9(11(8)15)12(18)16(5-6-17)7-10(13)14/h2-4,10,17H,5-7H2,1H3. The normalized spacial score (nSPS) is 10.8. The third-order valence-corrected chi connectivity index (χ3v) is 3.87. The molecule has 0 bridgehead atoms. The van der Waals surface area contributed by atoms with E-state index in [1.165, 1.54) is 0 Å². The highest BCUT2D eigenvalue weighted by molar-refractivity contribution is 14.1. The van der Waals surface area contributed by atoms with Gasteiger partial charge in [-0.25, -0.2) is 8.78 Å². The Labute approximate surface area is 118 Å². The number of nitrogens with zero attached hydrogens (tertiary/aromatic N) is 1. The van der Waals surface area contributed by atoms with Gasteiger partial charge in [0.1, 0.15) is 0 Å². The Morgan fingerprint density at radius 3 is 2.72 bits per heavy atom. The van der Waals surface area contributed by atoms with Gasteiger partial charge in [-0.1, -0.05) is 12.1 Å². The molecule has 6 heteroatoms. The number of aryl methyl sites for hydroxylation is 1. The molecule has 0 aromatic heterocycles. The number of aliphatic hydroxyl groups is 1. The summed E-state index contributed by atoms with van der Waals surface area (Å²) in [6, 6.07) is 5.17. The summed E-state index contributed by atoms with van der Waals surface area (Å²) in [4.78, 5) is 13.1. The molecule has 100 valence electrons. The van der Waals surface area contributed by atoms with Crippen molar-refractivity contribution in [3.63, 3.8) is 0 Å². The SMILES string of the molecule is Cc1cccc(C(=O)N(CCO)CC(F)F)c1I. The predicted molar refractivity (Wildman–Crippen MR) is 72.9 cm³/mol. The number of rotatable bonds is 5. The average molecular weight is 369 g/mol. The molecular weight excluding hydrogens is 355 g/mol. The Morgan fingerprint density at radius 1 is 1.50 bits per heavy atom. The monoisotopic (exact) mass is 369 g/mol. The van der Waals surface area contributed by atoms with Gasteiger partial charge < -0.3 is 10.0 Å². The maximum Gasteiger partial charge on any atom is 0.255 e. The molecule has 0 heterocycles. The molecule has 1 amide bonds. The van der Waals surface area contributed by atoms with E-state index in [4.69, 9.17) is 5.11 Å². The largest absolute Gasteiger partial charge is 0.395 e. The van der Waals surface area contributed by atoms with Gasteiger partial charge in [-0.05, 0) is 41.1 Å². The van der Waals surface area contributed by atoms with Crippen molar-refractivity contribution in [3.8, 4) is 0 Å². The molecule has 0 spiro atoms. The third-order valence-electron chi connectivity index (χ3n) is 2.44. The van der Waals surface area contributed by atoms with Gasteiger partial charge in [0.25, 0.3) is 12.3 Å². The lowest BCUT2D eigenvalue weighted by Crippen LogP contribution is -2.37. The molecule has 1 aromatic carbocycles. The number of alkyl halides is 2. The highest BCUT2D eigenvalue weighted by atomic mass is 127. The van der Waals surface area contributed by atoms with Gasteiger partial charge in [0.15, 0.2) is 0 Å². The summed E-state index contributed by atoms with van der Waals surface area (Å²) in [5, 5.41) is 8.83. The fraction of sp³-hybridized carbons (Fsp3) is 0.417. The van der Waals surface area contributed by atoms with Crippen molar-refractivity contribution in [2.75, 3.05) is 19.7 Å². The average Bonchev–Trinajstić information content (AvgIpc) is 2.31. The second-order valence-corrected chi connectivity index (χ2v) is 4.88. The zero-order chi connectivity index (χ0) is 13.7. The minimum atomic E-state index is -2.61. The van der Waals surface area contributed by atoms with E-state index in [0.717, 1.165) is 14.0 Å². The molecule has 0 aliphatic heterocycles. The van der Waals surface area contributed by atoms with Crippen LogP contribution in [-0.4, -0.2) is 42.0 Å². The van der Waals surface area contributed by atoms with Crippen molar-refractivity contribution >= 4 is 28.5 Å². The smallest absolute Gasteiger partial charge is 0.255 e. The van der Waals surface area contributed by atoms with Gasteiger partial charge in [-0.3, -0.25) is 4.79 Å². The van der Waals surface area contributed by atoms with Crippen molar-refractivity contribution in [1.29, 1.82) is 0 Å². The molecular formula is C12H14F2INO2. The van der Waals surface area contributed by atoms with Crippen LogP contribution in [0.25, 0.3) is 0 Å². The number of hydrogen-bond acceptors (Lipinski definition) is 2. The Hall–Kier alpha value is -0.760. The van der Waals surface area contributed by atoms with Crippen LogP contribution in [0.15, 0.2) is 18.2 Å². The molecule has 1 N–H and O–H groups in total. The first kappa shape index (κ1) is 15.3. The van der Waals surface area contributed by atoms with E-state index in [1.807, 2.05) is 35.6 Å². The number of aliphatic hydroxyl groups excluding tert-OH is 1. The minimum absolute atomic E-state index is 0.0901. The zero-order valence-corrected chi connectivity index (χ0v) is 12.0. The number of amides is 1. The third kappa shape index (κ3) is 3.88. The molecule has 3 nitrogen and oxygen atoms in total. The maximum absolute atomic E-state index is 12.4. The van der Waals surface area contributed by atoms with Crippen molar-refractivity contribution < 1.29 is 18.7 Å². The number of carbonyl (C=O) groups is 1. The van der Waals surface area contributed by atoms with E-state index in [9.17, 15) is 13.6 Å². The van der Waals surface area contributed by atoms with Crippen LogP contribution in [0.5, 0.6) is 0 Å². The van der Waals surface area contributed by atoms with Crippen LogP contribution in [0.2, 0.25) is 0 Å². The van der Waals surface area contributed by atoms with Crippen LogP contribution in [0.4, 0.5) is 8.78 Å². The van der Waals surface area contributed by atoms with Crippen molar-refractivity contribution in [2.45, 2.75) is 13.3 Å². The van der Waals surface area contributed by atoms with Crippen LogP contribution >= 0.6 is 22.6 Å². The topological polar surface area (TPSA) is 40.5 Å². The summed E-state index contributed by atoms with van der Waals surface area (Å²) in [6.07, 6.45) is -2.61. The molecule has 1 aromatic rings. The van der Waals surface area contributed by atoms with Crippen LogP contribution in [-0.2, 0) is 0 Å². The summed E-state index contributed by atoms with van der Waals surface area (Å²) >= 11 is 2.02. The van der Waals surface area contributed by atoms with Gasteiger partial charge in [0, 0.05) is 10.1 Å². The predicted octanol–water partition coefficient (Wildman–Crippen LogP) is 2.30. The van der Waals surface area contributed by atoms with Crippen molar-refractivity contribution in [3.05, 3.63) is 32.9 Å². The van der Waals surface area contributed by atoms with Crippen LogP contribution in [0.3, 0.4) is 0 Å². The molecule has 0 atom stereocenters. The van der Waals surface area contributed by atoms with Gasteiger partial charge in [-0.15, -0.1) is 0 Å². The number of carbonyl (C=O) groups excluding carboxylic acids is 1. The maximum atomic E-state index is 12.4. The van der Waals surface area contributed by atoms with E-state index in [-0.39, 0.29) is 13.2 Å². The first-order valence-electron chi connectivity index (χ1n) is 5.40. The summed E-state index contributed by atoms with van der Waals surface area (Å²) in [5.41, 5.74) is 1.31. The van der Waals surface area contributed by atoms with E-state index < -0.39 is 18.9 Å². The van der Waals surface area contributed by atoms with Gasteiger partial charge >= 0.3 is 0 Å². The molecule has 0 unspecified atom stereocenters. The summed E-state index contributed by atoms with van der Waals surface area (Å²) in [6.45, 7) is 0.763. The first-order valence-corrected chi connectivity index (χ1v) is 6.48. The molecule has 1 rings (SSSR count). The highest BCUT2D eigenvalue weighted by Gasteiger charge is 2.21. The highest BCUT2D eigenvalue weighted by Crippen LogP contribution is 2.18. The first-order chi connectivity index (χ1) is 8.47. The van der Waals surface area contributed by atoms with Gasteiger partial charge in [-0.2, -0.15) is 0 Å². The lowest BCUT2D eigenvalue weighted by molar-refractivity contribution is 0.0508. The minimum Gasteiger partial charge on any atom is -0.395 e. The second-order valence-electron chi connectivity index (χ2n) is 3.80. The fourth-order valence-corrected chi connectivity index (χ4v) is 2.14. The number of halogens is 3. The Balaban J connectivity index is 2.98. The molecule has 0 radical (unpaired) electrons. The fourth-order valence-electron chi connectivity index (χ4n) is 1.55. The van der Waals surface area contributed by atoms with Crippen LogP contribution < -0.4 is 0 Å². The van der Waals surface area contributed by atoms with E-state index in [1.54, 1.807) is 12.1 Å². The van der Waals surface area contributed by atoms with E-state index in [2.05, 4.69) is 0 Å². The molecule has 0 fully saturated rings. The molecule has 18 heavy (non-hydrogen) atoms. The summed E-state index contributed by atoms with van der Waals surface area (Å²) in [5.74, 6) is -0.475. The van der Waals surface area contributed by atoms with E-state index in [0.29, 0.717) is 5.56 Å². The second kappa shape index (κ2) is 6.98. The zero-order valence-electron chi connectivity index (χ0n) is 9.87. The molecule has 0 aliphatic carbocycles. The van der Waals surface area contributed by atoms with E-state index >= 15 is 0 Å². The molecule has 0 saturated heterocycles.